The van der Waals surface area contributed by atoms with Crippen LogP contribution in [0.4, 0.5) is 4.79 Å². The zero-order valence-electron chi connectivity index (χ0n) is 24.6. The van der Waals surface area contributed by atoms with E-state index in [9.17, 15) is 24.0 Å². The highest BCUT2D eigenvalue weighted by Crippen LogP contribution is 2.26. The fraction of sp³-hybridized carbons (Fsp3) is 0.607. The van der Waals surface area contributed by atoms with E-state index in [1.54, 1.807) is 12.1 Å². The van der Waals surface area contributed by atoms with E-state index >= 15 is 0 Å². The minimum absolute atomic E-state index is 0.0959. The van der Waals surface area contributed by atoms with Crippen LogP contribution >= 0.6 is 0 Å². The molecule has 246 valence electrons. The van der Waals surface area contributed by atoms with Crippen LogP contribution in [0, 0.1) is 5.92 Å². The van der Waals surface area contributed by atoms with Crippen molar-refractivity contribution in [3.63, 3.8) is 0 Å². The molecule has 1 atom stereocenters. The van der Waals surface area contributed by atoms with Crippen LogP contribution in [0.1, 0.15) is 28.8 Å². The maximum atomic E-state index is 12.2. The Morgan fingerprint density at radius 3 is 1.91 bits per heavy atom. The van der Waals surface area contributed by atoms with Gasteiger partial charge in [-0.15, -0.1) is 0 Å². The first-order chi connectivity index (χ1) is 21.3. The van der Waals surface area contributed by atoms with Crippen molar-refractivity contribution in [2.24, 2.45) is 11.7 Å². The molecule has 5 amide bonds. The fourth-order valence-electron chi connectivity index (χ4n) is 4.01. The molecule has 44 heavy (non-hydrogen) atoms. The lowest BCUT2D eigenvalue weighted by Crippen LogP contribution is -2.41. The Labute approximate surface area is 255 Å². The second-order valence-electron chi connectivity index (χ2n) is 9.44. The van der Waals surface area contributed by atoms with Crippen LogP contribution in [-0.4, -0.2) is 121 Å². The number of amides is 5. The molecule has 0 saturated carbocycles. The lowest BCUT2D eigenvalue weighted by Gasteiger charge is -2.22. The maximum absolute atomic E-state index is 12.2. The molecule has 0 aromatic heterocycles. The highest BCUT2D eigenvalue weighted by atomic mass is 16.6. The summed E-state index contributed by atoms with van der Waals surface area (Å²) < 4.78 is 32.3. The van der Waals surface area contributed by atoms with Crippen LogP contribution in [0.3, 0.4) is 0 Å². The molecule has 0 radical (unpaired) electrons. The average molecular weight is 627 g/mol. The van der Waals surface area contributed by atoms with Crippen molar-refractivity contribution in [2.75, 3.05) is 85.8 Å². The van der Waals surface area contributed by atoms with Crippen LogP contribution in [-0.2, 0) is 44.5 Å². The average Bonchev–Trinajstić information content (AvgIpc) is 2.98. The van der Waals surface area contributed by atoms with Gasteiger partial charge < -0.3 is 49.9 Å². The molecule has 1 saturated heterocycles. The van der Waals surface area contributed by atoms with E-state index in [0.717, 1.165) is 0 Å². The summed E-state index contributed by atoms with van der Waals surface area (Å²) in [5.41, 5.74) is 6.17. The quantitative estimate of drug-likeness (QED) is 0.0705. The van der Waals surface area contributed by atoms with E-state index < -0.39 is 29.7 Å². The number of carboxylic acid groups (broad SMARTS) is 1. The molecule has 1 aliphatic heterocycles. The Bertz CT molecular complexity index is 1070. The number of hydrogen-bond donors (Lipinski definition) is 5. The van der Waals surface area contributed by atoms with Crippen LogP contribution in [0.25, 0.3) is 0 Å². The number of ether oxygens (including phenoxy) is 6. The van der Waals surface area contributed by atoms with Crippen LogP contribution < -0.4 is 26.4 Å². The van der Waals surface area contributed by atoms with E-state index in [4.69, 9.17) is 39.3 Å². The predicted octanol–water partition coefficient (Wildman–Crippen LogP) is -0.774. The van der Waals surface area contributed by atoms with E-state index in [1.807, 2.05) is 0 Å². The van der Waals surface area contributed by atoms with Crippen molar-refractivity contribution in [3.8, 4) is 5.75 Å². The minimum Gasteiger partial charge on any atom is -0.483 e. The fourth-order valence-corrected chi connectivity index (χ4v) is 4.01. The SMILES string of the molecule is NC(=O)c1c(CC2CCC(=O)NC2=O)cccc1OCC(=O)NCCOCCOCCOCCOCCOCCNC(=O)O. The van der Waals surface area contributed by atoms with E-state index in [0.29, 0.717) is 64.8 Å². The van der Waals surface area contributed by atoms with Gasteiger partial charge >= 0.3 is 6.09 Å². The Kier molecular flexibility index (Phi) is 18.0. The van der Waals surface area contributed by atoms with Gasteiger partial charge in [-0.2, -0.15) is 0 Å². The normalized spacial score (nSPS) is 14.6. The summed E-state index contributed by atoms with van der Waals surface area (Å²) in [6, 6.07) is 4.83. The summed E-state index contributed by atoms with van der Waals surface area (Å²) in [6.07, 6.45) is -0.288. The third-order valence-electron chi connectivity index (χ3n) is 6.12. The van der Waals surface area contributed by atoms with Crippen molar-refractivity contribution in [1.82, 2.24) is 16.0 Å². The second-order valence-corrected chi connectivity index (χ2v) is 9.44. The largest absolute Gasteiger partial charge is 0.483 e. The molecule has 1 heterocycles. The molecule has 1 aliphatic rings. The molecule has 1 unspecified atom stereocenters. The van der Waals surface area contributed by atoms with E-state index in [2.05, 4.69) is 16.0 Å². The first-order valence-corrected chi connectivity index (χ1v) is 14.3. The van der Waals surface area contributed by atoms with Crippen LogP contribution in [0.15, 0.2) is 18.2 Å². The molecule has 1 aromatic rings. The third kappa shape index (κ3) is 15.6. The van der Waals surface area contributed by atoms with Gasteiger partial charge in [-0.05, 0) is 24.5 Å². The van der Waals surface area contributed by atoms with Gasteiger partial charge in [0.15, 0.2) is 6.61 Å². The lowest BCUT2D eigenvalue weighted by molar-refractivity contribution is -0.136. The van der Waals surface area contributed by atoms with Crippen molar-refractivity contribution < 1.29 is 57.5 Å². The lowest BCUT2D eigenvalue weighted by atomic mass is 9.89. The number of carbonyl (C=O) groups is 5. The topological polar surface area (TPSA) is 223 Å². The van der Waals surface area contributed by atoms with Gasteiger partial charge in [0.25, 0.3) is 11.8 Å². The van der Waals surface area contributed by atoms with Gasteiger partial charge in [0, 0.05) is 25.4 Å². The predicted molar refractivity (Wildman–Crippen MR) is 153 cm³/mol. The summed E-state index contributed by atoms with van der Waals surface area (Å²) in [4.78, 5) is 58.2. The molecule has 6 N–H and O–H groups in total. The molecule has 16 nitrogen and oxygen atoms in total. The van der Waals surface area contributed by atoms with Crippen LogP contribution in [0.5, 0.6) is 5.75 Å². The smallest absolute Gasteiger partial charge is 0.404 e. The Hall–Kier alpha value is -3.83. The van der Waals surface area contributed by atoms with E-state index in [-0.39, 0.29) is 63.0 Å². The molecule has 0 bridgehead atoms. The van der Waals surface area contributed by atoms with Gasteiger partial charge in [-0.3, -0.25) is 24.5 Å². The molecular weight excluding hydrogens is 584 g/mol. The monoisotopic (exact) mass is 626 g/mol. The molecule has 2 rings (SSSR count). The van der Waals surface area contributed by atoms with E-state index in [1.165, 1.54) is 6.07 Å². The number of nitrogens with two attached hydrogens (primary N) is 1. The summed E-state index contributed by atoms with van der Waals surface area (Å²) in [5.74, 6) is -2.23. The number of carbonyl (C=O) groups excluding carboxylic acids is 4. The maximum Gasteiger partial charge on any atom is 0.404 e. The minimum atomic E-state index is -1.09. The second kappa shape index (κ2) is 21.8. The molecule has 0 aliphatic carbocycles. The first-order valence-electron chi connectivity index (χ1n) is 14.3. The van der Waals surface area contributed by atoms with Gasteiger partial charge in [-0.25, -0.2) is 4.79 Å². The van der Waals surface area contributed by atoms with Crippen molar-refractivity contribution in [1.29, 1.82) is 0 Å². The van der Waals surface area contributed by atoms with Crippen molar-refractivity contribution >= 4 is 29.7 Å². The number of primary amides is 1. The van der Waals surface area contributed by atoms with Gasteiger partial charge in [0.05, 0.1) is 71.6 Å². The molecule has 0 spiro atoms. The summed E-state index contributed by atoms with van der Waals surface area (Å²) in [6.45, 7) is 3.70. The number of nitrogens with one attached hydrogen (secondary N) is 3. The number of hydrogen-bond acceptors (Lipinski definition) is 11. The van der Waals surface area contributed by atoms with Gasteiger partial charge in [0.1, 0.15) is 5.75 Å². The zero-order valence-corrected chi connectivity index (χ0v) is 24.6. The van der Waals surface area contributed by atoms with Gasteiger partial charge in [0.2, 0.25) is 11.8 Å². The molecule has 1 aromatic carbocycles. The number of imide groups is 1. The van der Waals surface area contributed by atoms with Crippen molar-refractivity contribution in [3.05, 3.63) is 29.3 Å². The Morgan fingerprint density at radius 1 is 0.841 bits per heavy atom. The highest BCUT2D eigenvalue weighted by Gasteiger charge is 2.28. The molecule has 1 fully saturated rings. The Morgan fingerprint density at radius 2 is 1.39 bits per heavy atom. The number of benzene rings is 1. The standard InChI is InChI=1S/C28H42N4O12/c29-26(35)25-20(18-21-4-5-23(33)32-27(21)36)2-1-3-22(25)44-19-24(34)30-6-8-39-10-12-41-14-16-43-17-15-42-13-11-40-9-7-31-28(37)38/h1-3,21,31H,4-19H2,(H2,29,35)(H,30,34)(H,37,38)(H,32,33,36). The number of rotatable bonds is 24. The Balaban J connectivity index is 1.47. The zero-order chi connectivity index (χ0) is 32.0. The first kappa shape index (κ1) is 36.4. The molecular formula is C28H42N4O12. The molecule has 16 heteroatoms. The van der Waals surface area contributed by atoms with Crippen LogP contribution in [0.2, 0.25) is 0 Å². The van der Waals surface area contributed by atoms with Gasteiger partial charge in [-0.1, -0.05) is 12.1 Å². The summed E-state index contributed by atoms with van der Waals surface area (Å²) in [5, 5.41) is 15.6. The summed E-state index contributed by atoms with van der Waals surface area (Å²) >= 11 is 0. The number of piperidine rings is 1. The third-order valence-corrected chi connectivity index (χ3v) is 6.12. The van der Waals surface area contributed by atoms with Crippen molar-refractivity contribution in [2.45, 2.75) is 19.3 Å². The summed E-state index contributed by atoms with van der Waals surface area (Å²) in [7, 11) is 0. The highest BCUT2D eigenvalue weighted by molar-refractivity contribution is 6.00.